The van der Waals surface area contributed by atoms with E-state index in [0.29, 0.717) is 37.0 Å². The molecule has 144 valence electrons. The zero-order valence-electron chi connectivity index (χ0n) is 15.2. The molecule has 0 spiro atoms. The number of benzene rings is 1. The Morgan fingerprint density at radius 1 is 1.00 bits per heavy atom. The summed E-state index contributed by atoms with van der Waals surface area (Å²) in [4.78, 5) is 33.8. The third-order valence-corrected chi connectivity index (χ3v) is 5.73. The van der Waals surface area contributed by atoms with E-state index in [0.717, 1.165) is 10.6 Å². The smallest absolute Gasteiger partial charge is 0.293 e. The number of nitrogens with zero attached hydrogens (tertiary/aromatic N) is 5. The number of hydrogen-bond acceptors (Lipinski definition) is 5. The zero-order valence-corrected chi connectivity index (χ0v) is 16.8. The van der Waals surface area contributed by atoms with E-state index in [9.17, 15) is 9.59 Å². The topological polar surface area (TPSA) is 71.3 Å². The van der Waals surface area contributed by atoms with Gasteiger partial charge in [0.1, 0.15) is 5.82 Å². The Morgan fingerprint density at radius 3 is 2.25 bits per heavy atom. The van der Waals surface area contributed by atoms with Crippen molar-refractivity contribution in [2.24, 2.45) is 0 Å². The van der Waals surface area contributed by atoms with Gasteiger partial charge in [0.15, 0.2) is 0 Å². The van der Waals surface area contributed by atoms with Gasteiger partial charge in [0.2, 0.25) is 5.82 Å². The SMILES string of the molecule is Cc1nc(C(=O)N2CCN(C(=O)c3cccs3)CC2)nn1-c1ccc(Cl)cc1. The van der Waals surface area contributed by atoms with Crippen LogP contribution in [-0.4, -0.2) is 62.6 Å². The van der Waals surface area contributed by atoms with Crippen LogP contribution in [0.1, 0.15) is 26.1 Å². The van der Waals surface area contributed by atoms with Crippen molar-refractivity contribution in [3.8, 4) is 5.69 Å². The molecule has 9 heteroatoms. The van der Waals surface area contributed by atoms with Crippen molar-refractivity contribution in [2.45, 2.75) is 6.92 Å². The number of halogens is 1. The summed E-state index contributed by atoms with van der Waals surface area (Å²) in [5.74, 6) is 0.574. The first-order valence-corrected chi connectivity index (χ1v) is 10.1. The van der Waals surface area contributed by atoms with Crippen LogP contribution in [0, 0.1) is 6.92 Å². The Kier molecular flexibility index (Phi) is 5.15. The molecule has 2 amide bonds. The number of amides is 2. The van der Waals surface area contributed by atoms with E-state index in [4.69, 9.17) is 11.6 Å². The summed E-state index contributed by atoms with van der Waals surface area (Å²) in [5.41, 5.74) is 0.791. The highest BCUT2D eigenvalue weighted by molar-refractivity contribution is 7.12. The number of rotatable bonds is 3. The molecule has 1 saturated heterocycles. The number of carbonyl (C=O) groups excluding carboxylic acids is 2. The number of piperazine rings is 1. The Bertz CT molecular complexity index is 992. The Balaban J connectivity index is 1.44. The number of aromatic nitrogens is 3. The van der Waals surface area contributed by atoms with Gasteiger partial charge >= 0.3 is 0 Å². The zero-order chi connectivity index (χ0) is 19.7. The summed E-state index contributed by atoms with van der Waals surface area (Å²) < 4.78 is 1.63. The summed E-state index contributed by atoms with van der Waals surface area (Å²) in [6, 6.07) is 10.9. The maximum atomic E-state index is 12.8. The molecule has 0 N–H and O–H groups in total. The normalized spacial score (nSPS) is 14.4. The fourth-order valence-corrected chi connectivity index (χ4v) is 3.93. The molecule has 0 bridgehead atoms. The Morgan fingerprint density at radius 2 is 1.64 bits per heavy atom. The lowest BCUT2D eigenvalue weighted by atomic mass is 10.3. The molecule has 4 rings (SSSR count). The molecule has 0 unspecified atom stereocenters. The molecule has 1 aliphatic heterocycles. The van der Waals surface area contributed by atoms with Crippen LogP contribution in [0.15, 0.2) is 41.8 Å². The second-order valence-electron chi connectivity index (χ2n) is 6.43. The number of aryl methyl sites for hydroxylation is 1. The van der Waals surface area contributed by atoms with Gasteiger partial charge in [-0.05, 0) is 42.6 Å². The maximum absolute atomic E-state index is 12.8. The van der Waals surface area contributed by atoms with E-state index < -0.39 is 0 Å². The summed E-state index contributed by atoms with van der Waals surface area (Å²) in [5, 5.41) is 6.89. The molecule has 2 aromatic heterocycles. The first-order valence-electron chi connectivity index (χ1n) is 8.84. The summed E-state index contributed by atoms with van der Waals surface area (Å²) in [6.07, 6.45) is 0. The van der Waals surface area contributed by atoms with E-state index in [1.807, 2.05) is 29.6 Å². The summed E-state index contributed by atoms with van der Waals surface area (Å²) in [7, 11) is 0. The molecule has 7 nitrogen and oxygen atoms in total. The largest absolute Gasteiger partial charge is 0.334 e. The highest BCUT2D eigenvalue weighted by Crippen LogP contribution is 2.17. The van der Waals surface area contributed by atoms with Crippen LogP contribution >= 0.6 is 22.9 Å². The van der Waals surface area contributed by atoms with Gasteiger partial charge in [-0.25, -0.2) is 9.67 Å². The minimum atomic E-state index is -0.223. The molecule has 0 aliphatic carbocycles. The van der Waals surface area contributed by atoms with Crippen LogP contribution < -0.4 is 0 Å². The summed E-state index contributed by atoms with van der Waals surface area (Å²) in [6.45, 7) is 3.73. The van der Waals surface area contributed by atoms with Gasteiger partial charge in [0.25, 0.3) is 11.8 Å². The predicted molar refractivity (Wildman–Crippen MR) is 107 cm³/mol. The summed E-state index contributed by atoms with van der Waals surface area (Å²) >= 11 is 7.36. The van der Waals surface area contributed by atoms with Crippen molar-refractivity contribution in [3.05, 3.63) is 63.3 Å². The lowest BCUT2D eigenvalue weighted by Crippen LogP contribution is -2.50. The number of thiophene rings is 1. The first kappa shape index (κ1) is 18.6. The average Bonchev–Trinajstić information content (AvgIpc) is 3.38. The molecule has 1 fully saturated rings. The van der Waals surface area contributed by atoms with Crippen molar-refractivity contribution < 1.29 is 9.59 Å². The average molecular weight is 416 g/mol. The second kappa shape index (κ2) is 7.73. The van der Waals surface area contributed by atoms with Gasteiger partial charge in [-0.15, -0.1) is 16.4 Å². The van der Waals surface area contributed by atoms with Crippen molar-refractivity contribution >= 4 is 34.8 Å². The van der Waals surface area contributed by atoms with Crippen molar-refractivity contribution in [1.29, 1.82) is 0 Å². The van der Waals surface area contributed by atoms with E-state index in [-0.39, 0.29) is 17.6 Å². The molecule has 0 atom stereocenters. The third kappa shape index (κ3) is 3.65. The predicted octanol–water partition coefficient (Wildman–Crippen LogP) is 2.89. The van der Waals surface area contributed by atoms with E-state index in [2.05, 4.69) is 10.1 Å². The molecule has 28 heavy (non-hydrogen) atoms. The lowest BCUT2D eigenvalue weighted by molar-refractivity contribution is 0.0531. The lowest BCUT2D eigenvalue weighted by Gasteiger charge is -2.34. The third-order valence-electron chi connectivity index (χ3n) is 4.62. The molecular weight excluding hydrogens is 398 g/mol. The minimum Gasteiger partial charge on any atom is -0.334 e. The van der Waals surface area contributed by atoms with Gasteiger partial charge in [-0.2, -0.15) is 0 Å². The molecule has 3 aromatic rings. The molecule has 3 heterocycles. The standard InChI is InChI=1S/C19H18ClN5O2S/c1-13-21-17(22-25(13)15-6-4-14(20)5-7-15)19(27)24-10-8-23(9-11-24)18(26)16-3-2-12-28-16/h2-7,12H,8-11H2,1H3. The van der Waals surface area contributed by atoms with Gasteiger partial charge in [-0.3, -0.25) is 9.59 Å². The highest BCUT2D eigenvalue weighted by Gasteiger charge is 2.28. The van der Waals surface area contributed by atoms with E-state index in [1.54, 1.807) is 33.5 Å². The quantitative estimate of drug-likeness (QED) is 0.659. The van der Waals surface area contributed by atoms with Gasteiger partial charge in [0, 0.05) is 31.2 Å². The first-order chi connectivity index (χ1) is 13.5. The van der Waals surface area contributed by atoms with Crippen LogP contribution in [0.4, 0.5) is 0 Å². The molecule has 1 aliphatic rings. The van der Waals surface area contributed by atoms with E-state index in [1.165, 1.54) is 11.3 Å². The van der Waals surface area contributed by atoms with Gasteiger partial charge in [0.05, 0.1) is 10.6 Å². The van der Waals surface area contributed by atoms with Crippen molar-refractivity contribution in [1.82, 2.24) is 24.6 Å². The monoisotopic (exact) mass is 415 g/mol. The molecular formula is C19H18ClN5O2S. The number of hydrogen-bond donors (Lipinski definition) is 0. The molecule has 0 radical (unpaired) electrons. The van der Waals surface area contributed by atoms with Gasteiger partial charge in [-0.1, -0.05) is 17.7 Å². The second-order valence-corrected chi connectivity index (χ2v) is 7.82. The fraction of sp³-hybridized carbons (Fsp3) is 0.263. The van der Waals surface area contributed by atoms with Crippen LogP contribution in [0.5, 0.6) is 0 Å². The van der Waals surface area contributed by atoms with Crippen LogP contribution in [0.2, 0.25) is 5.02 Å². The van der Waals surface area contributed by atoms with Crippen LogP contribution in [0.25, 0.3) is 5.69 Å². The molecule has 1 aromatic carbocycles. The fourth-order valence-electron chi connectivity index (χ4n) is 3.12. The van der Waals surface area contributed by atoms with Gasteiger partial charge < -0.3 is 9.80 Å². The van der Waals surface area contributed by atoms with Crippen LogP contribution in [-0.2, 0) is 0 Å². The van der Waals surface area contributed by atoms with Crippen LogP contribution in [0.3, 0.4) is 0 Å². The minimum absolute atomic E-state index is 0.0167. The Hall–Kier alpha value is -2.71. The molecule has 0 saturated carbocycles. The van der Waals surface area contributed by atoms with Crippen molar-refractivity contribution in [3.63, 3.8) is 0 Å². The maximum Gasteiger partial charge on any atom is 0.293 e. The Labute approximate surface area is 171 Å². The van der Waals surface area contributed by atoms with Crippen molar-refractivity contribution in [2.75, 3.05) is 26.2 Å². The van der Waals surface area contributed by atoms with E-state index >= 15 is 0 Å². The highest BCUT2D eigenvalue weighted by atomic mass is 35.5. The number of carbonyl (C=O) groups is 2.